The second kappa shape index (κ2) is 4.82. The van der Waals surface area contributed by atoms with Gasteiger partial charge in [-0.25, -0.2) is 0 Å². The zero-order chi connectivity index (χ0) is 12.4. The van der Waals surface area contributed by atoms with E-state index in [-0.39, 0.29) is 0 Å². The molecule has 1 saturated heterocycles. The van der Waals surface area contributed by atoms with Crippen molar-refractivity contribution in [2.45, 2.75) is 0 Å². The number of methoxy groups -OCH3 is 1. The summed E-state index contributed by atoms with van der Waals surface area (Å²) in [6, 6.07) is 8.15. The molecule has 0 radical (unpaired) electrons. The van der Waals surface area contributed by atoms with E-state index in [0.29, 0.717) is 0 Å². The predicted molar refractivity (Wildman–Crippen MR) is 73.4 cm³/mol. The van der Waals surface area contributed by atoms with Crippen molar-refractivity contribution >= 4 is 16.6 Å². The Morgan fingerprint density at radius 1 is 1.22 bits per heavy atom. The number of fused-ring (bicyclic) bond motifs is 1. The first kappa shape index (κ1) is 11.3. The molecule has 0 unspecified atom stereocenters. The number of rotatable bonds is 2. The summed E-state index contributed by atoms with van der Waals surface area (Å²) in [4.78, 5) is 6.90. The van der Waals surface area contributed by atoms with Crippen molar-refractivity contribution in [1.29, 1.82) is 0 Å². The Morgan fingerprint density at radius 2 is 2.06 bits per heavy atom. The van der Waals surface area contributed by atoms with Crippen LogP contribution >= 0.6 is 0 Å². The molecule has 2 heterocycles. The van der Waals surface area contributed by atoms with Crippen molar-refractivity contribution in [3.05, 3.63) is 30.5 Å². The van der Waals surface area contributed by atoms with Crippen molar-refractivity contribution in [3.8, 4) is 5.75 Å². The standard InChI is InChI=1S/C14H17N3O/c1-18-13-5-4-12(17-9-7-15-8-10-17)14-11(13)3-2-6-16-14/h2-6,15H,7-10H2,1H3. The Labute approximate surface area is 107 Å². The van der Waals surface area contributed by atoms with Crippen LogP contribution < -0.4 is 15.0 Å². The third-order valence-corrected chi connectivity index (χ3v) is 3.39. The first-order valence-electron chi connectivity index (χ1n) is 6.27. The summed E-state index contributed by atoms with van der Waals surface area (Å²) in [5, 5.41) is 4.45. The number of benzene rings is 1. The zero-order valence-corrected chi connectivity index (χ0v) is 10.5. The lowest BCUT2D eigenvalue weighted by atomic mass is 10.1. The topological polar surface area (TPSA) is 37.4 Å². The van der Waals surface area contributed by atoms with E-state index < -0.39 is 0 Å². The fraction of sp³-hybridized carbons (Fsp3) is 0.357. The van der Waals surface area contributed by atoms with Gasteiger partial charge in [-0.2, -0.15) is 0 Å². The molecule has 18 heavy (non-hydrogen) atoms. The number of aromatic nitrogens is 1. The van der Waals surface area contributed by atoms with Gasteiger partial charge in [0.2, 0.25) is 0 Å². The van der Waals surface area contributed by atoms with Crippen LogP contribution in [0.4, 0.5) is 5.69 Å². The number of piperazine rings is 1. The number of hydrogen-bond donors (Lipinski definition) is 1. The van der Waals surface area contributed by atoms with Crippen LogP contribution in [0.5, 0.6) is 5.75 Å². The summed E-state index contributed by atoms with van der Waals surface area (Å²) < 4.78 is 5.40. The Hall–Kier alpha value is -1.81. The van der Waals surface area contributed by atoms with E-state index in [2.05, 4.69) is 27.3 Å². The van der Waals surface area contributed by atoms with Gasteiger partial charge in [-0.05, 0) is 24.3 Å². The second-order valence-electron chi connectivity index (χ2n) is 4.42. The lowest BCUT2D eigenvalue weighted by molar-refractivity contribution is 0.419. The van der Waals surface area contributed by atoms with Crippen molar-refractivity contribution < 1.29 is 4.74 Å². The SMILES string of the molecule is COc1ccc(N2CCNCC2)c2ncccc12. The molecular weight excluding hydrogens is 226 g/mol. The van der Waals surface area contributed by atoms with E-state index in [1.54, 1.807) is 7.11 Å². The summed E-state index contributed by atoms with van der Waals surface area (Å²) >= 11 is 0. The quantitative estimate of drug-likeness (QED) is 0.870. The summed E-state index contributed by atoms with van der Waals surface area (Å²) in [6.45, 7) is 4.11. The second-order valence-corrected chi connectivity index (χ2v) is 4.42. The monoisotopic (exact) mass is 243 g/mol. The van der Waals surface area contributed by atoms with Crippen LogP contribution in [-0.4, -0.2) is 38.3 Å². The lowest BCUT2D eigenvalue weighted by Gasteiger charge is -2.30. The highest BCUT2D eigenvalue weighted by atomic mass is 16.5. The third-order valence-electron chi connectivity index (χ3n) is 3.39. The average Bonchev–Trinajstić information content (AvgIpc) is 2.47. The maximum Gasteiger partial charge on any atom is 0.128 e. The Balaban J connectivity index is 2.12. The molecule has 94 valence electrons. The molecule has 1 aliphatic rings. The summed E-state index contributed by atoms with van der Waals surface area (Å²) in [5.74, 6) is 0.886. The molecule has 1 fully saturated rings. The fourth-order valence-corrected chi connectivity index (χ4v) is 2.47. The molecule has 0 bridgehead atoms. The number of nitrogens with one attached hydrogen (secondary N) is 1. The van der Waals surface area contributed by atoms with Gasteiger partial charge in [-0.3, -0.25) is 4.98 Å². The van der Waals surface area contributed by atoms with E-state index >= 15 is 0 Å². The van der Waals surface area contributed by atoms with Crippen LogP contribution in [0.3, 0.4) is 0 Å². The van der Waals surface area contributed by atoms with Crippen LogP contribution in [0.15, 0.2) is 30.5 Å². The molecule has 0 atom stereocenters. The zero-order valence-electron chi connectivity index (χ0n) is 10.5. The van der Waals surface area contributed by atoms with Gasteiger partial charge < -0.3 is 15.0 Å². The van der Waals surface area contributed by atoms with Gasteiger partial charge in [0.05, 0.1) is 18.3 Å². The van der Waals surface area contributed by atoms with E-state index in [9.17, 15) is 0 Å². The van der Waals surface area contributed by atoms with Gasteiger partial charge in [-0.1, -0.05) is 0 Å². The largest absolute Gasteiger partial charge is 0.496 e. The van der Waals surface area contributed by atoms with Crippen molar-refractivity contribution in [2.75, 3.05) is 38.2 Å². The maximum atomic E-state index is 5.40. The molecule has 0 saturated carbocycles. The number of nitrogens with zero attached hydrogens (tertiary/aromatic N) is 2. The highest BCUT2D eigenvalue weighted by Gasteiger charge is 2.15. The van der Waals surface area contributed by atoms with Crippen LogP contribution in [0, 0.1) is 0 Å². The Morgan fingerprint density at radius 3 is 2.83 bits per heavy atom. The molecule has 1 aliphatic heterocycles. The molecule has 1 aromatic carbocycles. The van der Waals surface area contributed by atoms with Crippen molar-refractivity contribution in [2.24, 2.45) is 0 Å². The van der Waals surface area contributed by atoms with Gasteiger partial charge in [0.1, 0.15) is 5.75 Å². The highest BCUT2D eigenvalue weighted by molar-refractivity contribution is 5.95. The highest BCUT2D eigenvalue weighted by Crippen LogP contribution is 2.32. The van der Waals surface area contributed by atoms with E-state index in [4.69, 9.17) is 4.74 Å². The van der Waals surface area contributed by atoms with Gasteiger partial charge in [0.15, 0.2) is 0 Å². The van der Waals surface area contributed by atoms with E-state index in [1.165, 1.54) is 5.69 Å². The van der Waals surface area contributed by atoms with Gasteiger partial charge in [-0.15, -0.1) is 0 Å². The minimum atomic E-state index is 0.886. The van der Waals surface area contributed by atoms with Crippen molar-refractivity contribution in [3.63, 3.8) is 0 Å². The molecule has 0 aliphatic carbocycles. The van der Waals surface area contributed by atoms with Crippen LogP contribution in [0.2, 0.25) is 0 Å². The molecule has 3 rings (SSSR count). The van der Waals surface area contributed by atoms with Crippen LogP contribution in [0.25, 0.3) is 10.9 Å². The smallest absolute Gasteiger partial charge is 0.128 e. The summed E-state index contributed by atoms with van der Waals surface area (Å²) in [5.41, 5.74) is 2.23. The van der Waals surface area contributed by atoms with Gasteiger partial charge in [0, 0.05) is 37.8 Å². The molecule has 4 nitrogen and oxygen atoms in total. The molecule has 0 spiro atoms. The average molecular weight is 243 g/mol. The predicted octanol–water partition coefficient (Wildman–Crippen LogP) is 1.65. The van der Waals surface area contributed by atoms with Crippen LogP contribution in [-0.2, 0) is 0 Å². The fourth-order valence-electron chi connectivity index (χ4n) is 2.47. The number of anilines is 1. The molecule has 1 N–H and O–H groups in total. The first-order chi connectivity index (χ1) is 8.90. The van der Waals surface area contributed by atoms with Crippen LogP contribution in [0.1, 0.15) is 0 Å². The molecular formula is C14H17N3O. The van der Waals surface area contributed by atoms with Crippen molar-refractivity contribution in [1.82, 2.24) is 10.3 Å². The molecule has 1 aromatic heterocycles. The van der Waals surface area contributed by atoms with E-state index in [1.807, 2.05) is 18.3 Å². The van der Waals surface area contributed by atoms with Gasteiger partial charge in [0.25, 0.3) is 0 Å². The van der Waals surface area contributed by atoms with E-state index in [0.717, 1.165) is 42.8 Å². The Kier molecular flexibility index (Phi) is 3.02. The maximum absolute atomic E-state index is 5.40. The summed E-state index contributed by atoms with van der Waals surface area (Å²) in [7, 11) is 1.70. The number of ether oxygens (including phenoxy) is 1. The number of hydrogen-bond acceptors (Lipinski definition) is 4. The Bertz CT molecular complexity index is 550. The summed E-state index contributed by atoms with van der Waals surface area (Å²) in [6.07, 6.45) is 1.84. The third kappa shape index (κ3) is 1.88. The molecule has 4 heteroatoms. The normalized spacial score (nSPS) is 15.9. The lowest BCUT2D eigenvalue weighted by Crippen LogP contribution is -2.43. The molecule has 2 aromatic rings. The number of pyridine rings is 1. The first-order valence-corrected chi connectivity index (χ1v) is 6.27. The molecule has 0 amide bonds. The van der Waals surface area contributed by atoms with Gasteiger partial charge >= 0.3 is 0 Å². The minimum Gasteiger partial charge on any atom is -0.496 e. The minimum absolute atomic E-state index is 0.886.